The van der Waals surface area contributed by atoms with Gasteiger partial charge in [0.1, 0.15) is 0 Å². The fraction of sp³-hybridized carbons (Fsp3) is 0.750. The van der Waals surface area contributed by atoms with Crippen LogP contribution in [0.5, 0.6) is 0 Å². The number of hydrogen-bond acceptors (Lipinski definition) is 3. The molecule has 1 N–H and O–H groups in total. The Morgan fingerprint density at radius 3 is 3.12 bits per heavy atom. The van der Waals surface area contributed by atoms with Gasteiger partial charge in [0, 0.05) is 31.6 Å². The van der Waals surface area contributed by atoms with Crippen molar-refractivity contribution in [3.8, 4) is 0 Å². The molecule has 1 aliphatic carbocycles. The van der Waals surface area contributed by atoms with Crippen LogP contribution in [0.15, 0.2) is 12.4 Å². The van der Waals surface area contributed by atoms with Gasteiger partial charge in [0.05, 0.1) is 6.61 Å². The van der Waals surface area contributed by atoms with Crippen LogP contribution in [0, 0.1) is 0 Å². The topological polar surface area (TPSA) is 39.1 Å². The van der Waals surface area contributed by atoms with E-state index < -0.39 is 0 Å². The maximum absolute atomic E-state index is 5.55. The highest BCUT2D eigenvalue weighted by molar-refractivity contribution is 5.29. The maximum Gasteiger partial charge on any atom is 0.203 e. The Morgan fingerprint density at radius 1 is 1.50 bits per heavy atom. The molecular formula is C12H21N3O. The fourth-order valence-corrected chi connectivity index (χ4v) is 1.55. The molecule has 0 spiro atoms. The van der Waals surface area contributed by atoms with Crippen LogP contribution in [0.2, 0.25) is 0 Å². The number of anilines is 1. The minimum Gasteiger partial charge on any atom is -0.380 e. The summed E-state index contributed by atoms with van der Waals surface area (Å²) in [5.74, 6) is 0.988. The lowest BCUT2D eigenvalue weighted by Gasteiger charge is -2.09. The molecule has 0 aliphatic heterocycles. The van der Waals surface area contributed by atoms with E-state index in [4.69, 9.17) is 4.74 Å². The average molecular weight is 223 g/mol. The molecule has 2 rings (SSSR count). The molecule has 90 valence electrons. The van der Waals surface area contributed by atoms with Crippen molar-refractivity contribution >= 4 is 5.95 Å². The summed E-state index contributed by atoms with van der Waals surface area (Å²) in [7, 11) is 0. The van der Waals surface area contributed by atoms with E-state index in [9.17, 15) is 0 Å². The summed E-state index contributed by atoms with van der Waals surface area (Å²) < 4.78 is 7.68. The zero-order chi connectivity index (χ0) is 11.2. The second-order valence-corrected chi connectivity index (χ2v) is 4.33. The first-order chi connectivity index (χ1) is 7.90. The van der Waals surface area contributed by atoms with E-state index in [1.54, 1.807) is 0 Å². The first-order valence-corrected chi connectivity index (χ1v) is 6.25. The van der Waals surface area contributed by atoms with Gasteiger partial charge in [-0.1, -0.05) is 13.3 Å². The third-order valence-corrected chi connectivity index (χ3v) is 2.74. The minimum atomic E-state index is 0.655. The van der Waals surface area contributed by atoms with Gasteiger partial charge in [0.15, 0.2) is 0 Å². The highest BCUT2D eigenvalue weighted by Gasteiger charge is 2.22. The first-order valence-electron chi connectivity index (χ1n) is 6.25. The fourth-order valence-electron chi connectivity index (χ4n) is 1.55. The summed E-state index contributed by atoms with van der Waals surface area (Å²) in [5, 5.41) is 3.41. The average Bonchev–Trinajstić information content (AvgIpc) is 2.99. The summed E-state index contributed by atoms with van der Waals surface area (Å²) >= 11 is 0. The Balaban J connectivity index is 1.68. The normalized spacial score (nSPS) is 15.3. The molecule has 0 unspecified atom stereocenters. The molecule has 1 saturated carbocycles. The predicted octanol–water partition coefficient (Wildman–Crippen LogP) is 2.27. The van der Waals surface area contributed by atoms with Crippen LogP contribution in [0.1, 0.15) is 32.6 Å². The highest BCUT2D eigenvalue weighted by Crippen LogP contribution is 2.23. The van der Waals surface area contributed by atoms with Gasteiger partial charge in [-0.2, -0.15) is 0 Å². The smallest absolute Gasteiger partial charge is 0.203 e. The van der Waals surface area contributed by atoms with Gasteiger partial charge in [0.2, 0.25) is 5.95 Å². The number of ether oxygens (including phenoxy) is 1. The predicted molar refractivity (Wildman–Crippen MR) is 64.6 cm³/mol. The van der Waals surface area contributed by atoms with E-state index in [2.05, 4.69) is 21.8 Å². The number of unbranched alkanes of at least 4 members (excludes halogenated alkanes) is 1. The van der Waals surface area contributed by atoms with Crippen LogP contribution in [0.4, 0.5) is 5.95 Å². The van der Waals surface area contributed by atoms with Crippen molar-refractivity contribution in [2.24, 2.45) is 0 Å². The lowest BCUT2D eigenvalue weighted by molar-refractivity contribution is 0.124. The van der Waals surface area contributed by atoms with E-state index in [0.29, 0.717) is 6.04 Å². The van der Waals surface area contributed by atoms with E-state index in [1.807, 2.05) is 12.4 Å². The number of hydrogen-bond donors (Lipinski definition) is 1. The zero-order valence-electron chi connectivity index (χ0n) is 9.98. The van der Waals surface area contributed by atoms with Crippen molar-refractivity contribution in [3.05, 3.63) is 12.4 Å². The van der Waals surface area contributed by atoms with Crippen LogP contribution >= 0.6 is 0 Å². The molecule has 1 aromatic heterocycles. The van der Waals surface area contributed by atoms with E-state index in [0.717, 1.165) is 32.1 Å². The van der Waals surface area contributed by atoms with Crippen molar-refractivity contribution in [2.75, 3.05) is 18.5 Å². The summed E-state index contributed by atoms with van der Waals surface area (Å²) in [6, 6.07) is 0.655. The third-order valence-electron chi connectivity index (χ3n) is 2.74. The van der Waals surface area contributed by atoms with Crippen molar-refractivity contribution in [1.29, 1.82) is 0 Å². The Bertz CT molecular complexity index is 307. The minimum absolute atomic E-state index is 0.655. The lowest BCUT2D eigenvalue weighted by atomic mass is 10.4. The summed E-state index contributed by atoms with van der Waals surface area (Å²) in [6.07, 6.45) is 8.75. The number of aromatic nitrogens is 2. The van der Waals surface area contributed by atoms with Crippen molar-refractivity contribution in [2.45, 2.75) is 45.2 Å². The molecule has 0 saturated heterocycles. The molecule has 4 heteroatoms. The molecule has 1 aromatic rings. The molecule has 1 aliphatic rings. The van der Waals surface area contributed by atoms with Crippen molar-refractivity contribution < 1.29 is 4.74 Å². The van der Waals surface area contributed by atoms with E-state index >= 15 is 0 Å². The molecular weight excluding hydrogens is 202 g/mol. The molecule has 1 fully saturated rings. The van der Waals surface area contributed by atoms with Gasteiger partial charge < -0.3 is 14.6 Å². The number of rotatable bonds is 8. The molecule has 0 aromatic carbocycles. The SMILES string of the molecule is CCCCOCCn1ccnc1NC1CC1. The second-order valence-electron chi connectivity index (χ2n) is 4.33. The first kappa shape index (κ1) is 11.5. The van der Waals surface area contributed by atoms with Gasteiger partial charge >= 0.3 is 0 Å². The van der Waals surface area contributed by atoms with Gasteiger partial charge in [-0.15, -0.1) is 0 Å². The van der Waals surface area contributed by atoms with Gasteiger partial charge in [-0.05, 0) is 19.3 Å². The van der Waals surface area contributed by atoms with Crippen molar-refractivity contribution in [1.82, 2.24) is 9.55 Å². The largest absolute Gasteiger partial charge is 0.380 e. The monoisotopic (exact) mass is 223 g/mol. The van der Waals surface area contributed by atoms with Crippen LogP contribution in [-0.2, 0) is 11.3 Å². The summed E-state index contributed by atoms with van der Waals surface area (Å²) in [6.45, 7) is 4.71. The maximum atomic E-state index is 5.55. The quantitative estimate of drug-likeness (QED) is 0.687. The highest BCUT2D eigenvalue weighted by atomic mass is 16.5. The van der Waals surface area contributed by atoms with Crippen LogP contribution < -0.4 is 5.32 Å². The zero-order valence-corrected chi connectivity index (χ0v) is 9.98. The molecule has 0 bridgehead atoms. The molecule has 0 radical (unpaired) electrons. The van der Waals surface area contributed by atoms with Gasteiger partial charge in [0.25, 0.3) is 0 Å². The van der Waals surface area contributed by atoms with Crippen LogP contribution in [0.25, 0.3) is 0 Å². The van der Waals surface area contributed by atoms with E-state index in [-0.39, 0.29) is 0 Å². The Labute approximate surface area is 97.0 Å². The third kappa shape index (κ3) is 3.52. The molecule has 1 heterocycles. The Kier molecular flexibility index (Phi) is 4.22. The second kappa shape index (κ2) is 5.89. The molecule has 16 heavy (non-hydrogen) atoms. The summed E-state index contributed by atoms with van der Waals surface area (Å²) in [4.78, 5) is 4.31. The van der Waals surface area contributed by atoms with Crippen molar-refractivity contribution in [3.63, 3.8) is 0 Å². The molecule has 0 atom stereocenters. The number of nitrogens with zero attached hydrogens (tertiary/aromatic N) is 2. The lowest BCUT2D eigenvalue weighted by Crippen LogP contribution is -2.12. The van der Waals surface area contributed by atoms with E-state index in [1.165, 1.54) is 19.3 Å². The summed E-state index contributed by atoms with van der Waals surface area (Å²) in [5.41, 5.74) is 0. The molecule has 0 amide bonds. The number of imidazole rings is 1. The standard InChI is InChI=1S/C12H21N3O/c1-2-3-9-16-10-8-15-7-6-13-12(15)14-11-4-5-11/h6-7,11H,2-5,8-10H2,1H3,(H,13,14). The van der Waals surface area contributed by atoms with Crippen LogP contribution in [0.3, 0.4) is 0 Å². The van der Waals surface area contributed by atoms with Gasteiger partial charge in [-0.25, -0.2) is 4.98 Å². The Morgan fingerprint density at radius 2 is 2.38 bits per heavy atom. The van der Waals surface area contributed by atoms with Gasteiger partial charge in [-0.3, -0.25) is 0 Å². The number of nitrogens with one attached hydrogen (secondary N) is 1. The molecule has 4 nitrogen and oxygen atoms in total. The Hall–Kier alpha value is -1.03. The van der Waals surface area contributed by atoms with Crippen LogP contribution in [-0.4, -0.2) is 28.8 Å².